The summed E-state index contributed by atoms with van der Waals surface area (Å²) in [7, 11) is 0. The highest BCUT2D eigenvalue weighted by atomic mass is 16.5. The monoisotopic (exact) mass is 400 g/mol. The third kappa shape index (κ3) is 3.54. The van der Waals surface area contributed by atoms with Gasteiger partial charge < -0.3 is 15.0 Å². The molecule has 1 aliphatic rings. The van der Waals surface area contributed by atoms with Crippen LogP contribution in [0.1, 0.15) is 24.2 Å². The summed E-state index contributed by atoms with van der Waals surface area (Å²) in [6.07, 6.45) is 1.68. The lowest BCUT2D eigenvalue weighted by molar-refractivity contribution is -0.127. The second-order valence-corrected chi connectivity index (χ2v) is 8.04. The summed E-state index contributed by atoms with van der Waals surface area (Å²) in [5, 5.41) is 4.86. The number of anilines is 2. The standard InChI is InChI=1S/C25H24N2O3/c1-4-14-27-21-15-18(12-13-22(21)30-16-25(2,3)24(27)29)26-23(28)20-11-7-9-17-8-5-6-10-19(17)20/h4-13,15H,1,14,16H2,2-3H3,(H,26,28). The van der Waals surface area contributed by atoms with Gasteiger partial charge in [-0.25, -0.2) is 0 Å². The van der Waals surface area contributed by atoms with Crippen LogP contribution < -0.4 is 15.0 Å². The quantitative estimate of drug-likeness (QED) is 0.625. The van der Waals surface area contributed by atoms with E-state index < -0.39 is 5.41 Å². The van der Waals surface area contributed by atoms with Crippen LogP contribution in [-0.4, -0.2) is 25.0 Å². The molecule has 1 heterocycles. The third-order valence-electron chi connectivity index (χ3n) is 5.27. The number of fused-ring (bicyclic) bond motifs is 2. The number of nitrogens with zero attached hydrogens (tertiary/aromatic N) is 1. The van der Waals surface area contributed by atoms with Gasteiger partial charge in [-0.3, -0.25) is 9.59 Å². The van der Waals surface area contributed by atoms with Crippen molar-refractivity contribution in [2.45, 2.75) is 13.8 Å². The first-order chi connectivity index (χ1) is 14.4. The van der Waals surface area contributed by atoms with Crippen LogP contribution in [0.3, 0.4) is 0 Å². The van der Waals surface area contributed by atoms with Gasteiger partial charge in [0.05, 0.1) is 11.1 Å². The number of amides is 2. The topological polar surface area (TPSA) is 58.6 Å². The van der Waals surface area contributed by atoms with Crippen molar-refractivity contribution in [2.75, 3.05) is 23.4 Å². The van der Waals surface area contributed by atoms with E-state index >= 15 is 0 Å². The summed E-state index contributed by atoms with van der Waals surface area (Å²) in [6.45, 7) is 8.15. The molecule has 0 aromatic heterocycles. The Bertz CT molecular complexity index is 1140. The number of hydrogen-bond acceptors (Lipinski definition) is 3. The van der Waals surface area contributed by atoms with E-state index in [-0.39, 0.29) is 18.4 Å². The molecule has 0 atom stereocenters. The third-order valence-corrected chi connectivity index (χ3v) is 5.27. The van der Waals surface area contributed by atoms with Crippen LogP contribution in [0.25, 0.3) is 10.8 Å². The van der Waals surface area contributed by atoms with Crippen molar-refractivity contribution in [3.63, 3.8) is 0 Å². The Hall–Kier alpha value is -3.60. The summed E-state index contributed by atoms with van der Waals surface area (Å²) < 4.78 is 5.90. The van der Waals surface area contributed by atoms with Gasteiger partial charge in [-0.2, -0.15) is 0 Å². The molecule has 2 amide bonds. The molecule has 1 aliphatic heterocycles. The Morgan fingerprint density at radius 3 is 2.73 bits per heavy atom. The lowest BCUT2D eigenvalue weighted by Crippen LogP contribution is -2.42. The molecule has 0 radical (unpaired) electrons. The van der Waals surface area contributed by atoms with Gasteiger partial charge in [0.15, 0.2) is 0 Å². The Morgan fingerprint density at radius 1 is 1.17 bits per heavy atom. The molecule has 0 bridgehead atoms. The van der Waals surface area contributed by atoms with Crippen molar-refractivity contribution < 1.29 is 14.3 Å². The first-order valence-electron chi connectivity index (χ1n) is 9.89. The predicted octanol–water partition coefficient (Wildman–Crippen LogP) is 5.03. The number of carbonyl (C=O) groups excluding carboxylic acids is 2. The van der Waals surface area contributed by atoms with E-state index in [4.69, 9.17) is 4.74 Å². The van der Waals surface area contributed by atoms with Gasteiger partial charge in [0, 0.05) is 17.8 Å². The van der Waals surface area contributed by atoms with E-state index in [1.165, 1.54) is 0 Å². The molecule has 0 saturated carbocycles. The highest BCUT2D eigenvalue weighted by molar-refractivity contribution is 6.13. The van der Waals surface area contributed by atoms with Crippen LogP contribution in [0.2, 0.25) is 0 Å². The lowest BCUT2D eigenvalue weighted by Gasteiger charge is -2.27. The van der Waals surface area contributed by atoms with Gasteiger partial charge in [-0.15, -0.1) is 6.58 Å². The van der Waals surface area contributed by atoms with E-state index in [1.807, 2.05) is 50.2 Å². The zero-order valence-corrected chi connectivity index (χ0v) is 17.1. The van der Waals surface area contributed by atoms with E-state index in [0.29, 0.717) is 29.2 Å². The largest absolute Gasteiger partial charge is 0.490 e. The van der Waals surface area contributed by atoms with Crippen LogP contribution in [0.15, 0.2) is 73.3 Å². The minimum absolute atomic E-state index is 0.0429. The maximum absolute atomic E-state index is 13.0. The average Bonchev–Trinajstić information content (AvgIpc) is 2.83. The summed E-state index contributed by atoms with van der Waals surface area (Å²) in [5.41, 5.74) is 1.16. The van der Waals surface area contributed by atoms with Gasteiger partial charge in [-0.1, -0.05) is 42.5 Å². The second-order valence-electron chi connectivity index (χ2n) is 8.04. The smallest absolute Gasteiger partial charge is 0.256 e. The summed E-state index contributed by atoms with van der Waals surface area (Å²) >= 11 is 0. The molecule has 3 aromatic rings. The molecular weight excluding hydrogens is 376 g/mol. The van der Waals surface area contributed by atoms with Crippen molar-refractivity contribution >= 4 is 34.0 Å². The minimum atomic E-state index is -0.658. The molecule has 3 aromatic carbocycles. The molecule has 5 heteroatoms. The first-order valence-corrected chi connectivity index (χ1v) is 9.89. The SMILES string of the molecule is C=CCN1C(=O)C(C)(C)COc2ccc(NC(=O)c3cccc4ccccc34)cc21. The summed E-state index contributed by atoms with van der Waals surface area (Å²) in [6, 6.07) is 18.8. The zero-order chi connectivity index (χ0) is 21.3. The molecular formula is C25H24N2O3. The number of rotatable bonds is 4. The molecule has 0 unspecified atom stereocenters. The maximum atomic E-state index is 13.0. The molecule has 4 rings (SSSR count). The summed E-state index contributed by atoms with van der Waals surface area (Å²) in [5.74, 6) is 0.362. The van der Waals surface area contributed by atoms with Gasteiger partial charge in [0.1, 0.15) is 12.4 Å². The van der Waals surface area contributed by atoms with Crippen molar-refractivity contribution in [2.24, 2.45) is 5.41 Å². The number of carbonyl (C=O) groups is 2. The molecule has 30 heavy (non-hydrogen) atoms. The molecule has 0 aliphatic carbocycles. The van der Waals surface area contributed by atoms with Gasteiger partial charge >= 0.3 is 0 Å². The van der Waals surface area contributed by atoms with Gasteiger partial charge in [-0.05, 0) is 48.9 Å². The molecule has 5 nitrogen and oxygen atoms in total. The fourth-order valence-electron chi connectivity index (χ4n) is 3.65. The second kappa shape index (κ2) is 7.67. The zero-order valence-electron chi connectivity index (χ0n) is 17.1. The van der Waals surface area contributed by atoms with Gasteiger partial charge in [0.2, 0.25) is 5.91 Å². The van der Waals surface area contributed by atoms with Crippen molar-refractivity contribution in [3.8, 4) is 5.75 Å². The van der Waals surface area contributed by atoms with Crippen molar-refractivity contribution in [1.82, 2.24) is 0 Å². The Labute approximate surface area is 176 Å². The Balaban J connectivity index is 1.69. The fraction of sp³-hybridized carbons (Fsp3) is 0.200. The number of nitrogens with one attached hydrogen (secondary N) is 1. The predicted molar refractivity (Wildman–Crippen MR) is 120 cm³/mol. The van der Waals surface area contributed by atoms with Gasteiger partial charge in [0.25, 0.3) is 5.91 Å². The minimum Gasteiger partial charge on any atom is -0.490 e. The van der Waals surface area contributed by atoms with Crippen LogP contribution in [0.5, 0.6) is 5.75 Å². The maximum Gasteiger partial charge on any atom is 0.256 e. The van der Waals surface area contributed by atoms with Crippen LogP contribution in [-0.2, 0) is 4.79 Å². The van der Waals surface area contributed by atoms with Crippen molar-refractivity contribution in [1.29, 1.82) is 0 Å². The number of benzene rings is 3. The van der Waals surface area contributed by atoms with Crippen LogP contribution >= 0.6 is 0 Å². The normalized spacial score (nSPS) is 15.1. The Morgan fingerprint density at radius 2 is 1.93 bits per heavy atom. The average molecular weight is 400 g/mol. The van der Waals surface area contributed by atoms with E-state index in [9.17, 15) is 9.59 Å². The molecule has 0 spiro atoms. The number of hydrogen-bond donors (Lipinski definition) is 1. The number of ether oxygens (including phenoxy) is 1. The van der Waals surface area contributed by atoms with Crippen LogP contribution in [0.4, 0.5) is 11.4 Å². The lowest BCUT2D eigenvalue weighted by atomic mass is 9.93. The molecule has 152 valence electrons. The van der Waals surface area contributed by atoms with E-state index in [0.717, 1.165) is 10.8 Å². The van der Waals surface area contributed by atoms with E-state index in [2.05, 4.69) is 11.9 Å². The highest BCUT2D eigenvalue weighted by Gasteiger charge is 2.37. The van der Waals surface area contributed by atoms with Crippen LogP contribution in [0, 0.1) is 5.41 Å². The Kier molecular flexibility index (Phi) is 5.04. The van der Waals surface area contributed by atoms with E-state index in [1.54, 1.807) is 35.2 Å². The molecule has 0 saturated heterocycles. The molecule has 0 fully saturated rings. The molecule has 1 N–H and O–H groups in total. The highest BCUT2D eigenvalue weighted by Crippen LogP contribution is 2.38. The van der Waals surface area contributed by atoms with Crippen molar-refractivity contribution in [3.05, 3.63) is 78.9 Å². The summed E-state index contributed by atoms with van der Waals surface area (Å²) in [4.78, 5) is 27.7. The fourth-order valence-corrected chi connectivity index (χ4v) is 3.65. The first kappa shape index (κ1) is 19.7.